The summed E-state index contributed by atoms with van der Waals surface area (Å²) in [4.78, 5) is 10.6. The quantitative estimate of drug-likeness (QED) is 0.776. The second-order valence-electron chi connectivity index (χ2n) is 6.10. The van der Waals surface area contributed by atoms with Crippen LogP contribution < -0.4 is 9.64 Å². The first kappa shape index (κ1) is 16.4. The van der Waals surface area contributed by atoms with E-state index in [1.807, 2.05) is 13.0 Å². The van der Waals surface area contributed by atoms with Crippen LogP contribution in [0, 0.1) is 0 Å². The molecule has 0 spiro atoms. The zero-order valence-corrected chi connectivity index (χ0v) is 14.5. The second-order valence-corrected chi connectivity index (χ2v) is 8.15. The zero-order valence-electron chi connectivity index (χ0n) is 13.7. The van der Waals surface area contributed by atoms with E-state index in [4.69, 9.17) is 4.74 Å². The number of ether oxygens (including phenoxy) is 1. The number of methoxy groups -OCH3 is 1. The number of unbranched alkanes of at least 4 members (excludes halogenated alkanes) is 1. The van der Waals surface area contributed by atoms with E-state index in [0.717, 1.165) is 38.0 Å². The number of fused-ring (bicyclic) bond motifs is 1. The van der Waals surface area contributed by atoms with Gasteiger partial charge in [0.1, 0.15) is 12.1 Å². The van der Waals surface area contributed by atoms with Gasteiger partial charge in [0.2, 0.25) is 15.9 Å². The van der Waals surface area contributed by atoms with Crippen molar-refractivity contribution in [3.63, 3.8) is 0 Å². The molecule has 0 N–H and O–H groups in total. The standard InChI is InChI=1S/C15H24N4O3S/c1-3-4-9-23(20,21)19-8-6-12-13(19)5-7-18(12)14-10-15(22-2)17-11-16-14/h10-13H,3-9H2,1-2H3/t12-,13+/m1/s1. The summed E-state index contributed by atoms with van der Waals surface area (Å²) in [5.74, 6) is 1.61. The van der Waals surface area contributed by atoms with Crippen LogP contribution in [0.1, 0.15) is 32.6 Å². The summed E-state index contributed by atoms with van der Waals surface area (Å²) < 4.78 is 32.0. The summed E-state index contributed by atoms with van der Waals surface area (Å²) in [5.41, 5.74) is 0. The number of sulfonamides is 1. The molecule has 3 rings (SSSR count). The second kappa shape index (κ2) is 6.60. The molecule has 2 saturated heterocycles. The maximum atomic E-state index is 12.5. The van der Waals surface area contributed by atoms with Crippen LogP contribution in [0.15, 0.2) is 12.4 Å². The molecule has 1 aromatic heterocycles. The van der Waals surface area contributed by atoms with Crippen molar-refractivity contribution >= 4 is 15.8 Å². The van der Waals surface area contributed by atoms with Gasteiger partial charge in [0.05, 0.1) is 12.9 Å². The summed E-state index contributed by atoms with van der Waals surface area (Å²) in [6, 6.07) is 2.08. The fourth-order valence-electron chi connectivity index (χ4n) is 3.62. The Hall–Kier alpha value is -1.41. The molecule has 0 unspecified atom stereocenters. The fraction of sp³-hybridized carbons (Fsp3) is 0.733. The van der Waals surface area contributed by atoms with E-state index in [0.29, 0.717) is 12.4 Å². The monoisotopic (exact) mass is 340 g/mol. The lowest BCUT2D eigenvalue weighted by molar-refractivity contribution is 0.387. The van der Waals surface area contributed by atoms with Gasteiger partial charge < -0.3 is 9.64 Å². The largest absolute Gasteiger partial charge is 0.481 e. The average molecular weight is 340 g/mol. The predicted octanol–water partition coefficient (Wildman–Crippen LogP) is 1.27. The number of anilines is 1. The molecule has 0 saturated carbocycles. The zero-order chi connectivity index (χ0) is 16.4. The van der Waals surface area contributed by atoms with Gasteiger partial charge in [0.15, 0.2) is 0 Å². The molecule has 7 nitrogen and oxygen atoms in total. The molecule has 0 bridgehead atoms. The van der Waals surface area contributed by atoms with Gasteiger partial charge in [-0.05, 0) is 19.3 Å². The molecule has 2 aliphatic heterocycles. The molecule has 23 heavy (non-hydrogen) atoms. The van der Waals surface area contributed by atoms with Crippen molar-refractivity contribution in [2.24, 2.45) is 0 Å². The molecule has 0 aliphatic carbocycles. The Morgan fingerprint density at radius 2 is 2.04 bits per heavy atom. The Morgan fingerprint density at radius 1 is 1.26 bits per heavy atom. The van der Waals surface area contributed by atoms with Crippen molar-refractivity contribution in [2.45, 2.75) is 44.7 Å². The SMILES string of the molecule is CCCCS(=O)(=O)N1CC[C@@H]2[C@@H]1CCN2c1cc(OC)ncn1. The third kappa shape index (κ3) is 3.14. The highest BCUT2D eigenvalue weighted by atomic mass is 32.2. The van der Waals surface area contributed by atoms with Crippen LogP contribution in [0.2, 0.25) is 0 Å². The normalized spacial score (nSPS) is 24.9. The topological polar surface area (TPSA) is 75.6 Å². The van der Waals surface area contributed by atoms with E-state index >= 15 is 0 Å². The van der Waals surface area contributed by atoms with Crippen LogP contribution in [-0.4, -0.2) is 60.7 Å². The number of hydrogen-bond donors (Lipinski definition) is 0. The molecular weight excluding hydrogens is 316 g/mol. The van der Waals surface area contributed by atoms with Crippen LogP contribution in [0.5, 0.6) is 5.88 Å². The molecule has 1 aromatic rings. The lowest BCUT2D eigenvalue weighted by atomic mass is 10.1. The van der Waals surface area contributed by atoms with Gasteiger partial charge in [-0.25, -0.2) is 18.4 Å². The van der Waals surface area contributed by atoms with Crippen LogP contribution in [0.3, 0.4) is 0 Å². The first-order valence-corrected chi connectivity index (χ1v) is 9.80. The third-order valence-corrected chi connectivity index (χ3v) is 6.74. The van der Waals surface area contributed by atoms with E-state index in [2.05, 4.69) is 14.9 Å². The lowest BCUT2D eigenvalue weighted by Crippen LogP contribution is -2.40. The minimum Gasteiger partial charge on any atom is -0.481 e. The number of rotatable bonds is 6. The predicted molar refractivity (Wildman–Crippen MR) is 88.1 cm³/mol. The summed E-state index contributed by atoms with van der Waals surface area (Å²) >= 11 is 0. The molecule has 0 amide bonds. The number of hydrogen-bond acceptors (Lipinski definition) is 6. The molecule has 0 aromatic carbocycles. The molecule has 0 radical (unpaired) electrons. The van der Waals surface area contributed by atoms with Gasteiger partial charge in [-0.2, -0.15) is 4.31 Å². The van der Waals surface area contributed by atoms with E-state index in [-0.39, 0.29) is 17.8 Å². The summed E-state index contributed by atoms with van der Waals surface area (Å²) in [6.07, 6.45) is 4.81. The van der Waals surface area contributed by atoms with Gasteiger partial charge in [0, 0.05) is 31.2 Å². The van der Waals surface area contributed by atoms with Gasteiger partial charge in [-0.1, -0.05) is 13.3 Å². The Labute approximate surface area is 137 Å². The summed E-state index contributed by atoms with van der Waals surface area (Å²) in [7, 11) is -1.57. The van der Waals surface area contributed by atoms with Gasteiger partial charge >= 0.3 is 0 Å². The highest BCUT2D eigenvalue weighted by Crippen LogP contribution is 2.36. The van der Waals surface area contributed by atoms with E-state index in [9.17, 15) is 8.42 Å². The number of aromatic nitrogens is 2. The molecule has 2 atom stereocenters. The Bertz CT molecular complexity index is 652. The van der Waals surface area contributed by atoms with Crippen molar-refractivity contribution in [3.8, 4) is 5.88 Å². The van der Waals surface area contributed by atoms with Crippen molar-refractivity contribution in [1.82, 2.24) is 14.3 Å². The molecular formula is C15H24N4O3S. The minimum absolute atomic E-state index is 0.0674. The Kier molecular flexibility index (Phi) is 4.72. The Balaban J connectivity index is 1.76. The van der Waals surface area contributed by atoms with Gasteiger partial charge in [-0.3, -0.25) is 0 Å². The molecule has 8 heteroatoms. The maximum Gasteiger partial charge on any atom is 0.218 e. The average Bonchev–Trinajstić information content (AvgIpc) is 3.14. The summed E-state index contributed by atoms with van der Waals surface area (Å²) in [6.45, 7) is 3.44. The van der Waals surface area contributed by atoms with Crippen molar-refractivity contribution in [1.29, 1.82) is 0 Å². The molecule has 2 aliphatic rings. The van der Waals surface area contributed by atoms with Crippen molar-refractivity contribution < 1.29 is 13.2 Å². The highest BCUT2D eigenvalue weighted by molar-refractivity contribution is 7.89. The Morgan fingerprint density at radius 3 is 2.78 bits per heavy atom. The highest BCUT2D eigenvalue weighted by Gasteiger charge is 2.47. The minimum atomic E-state index is -3.15. The van der Waals surface area contributed by atoms with Crippen LogP contribution in [0.4, 0.5) is 5.82 Å². The van der Waals surface area contributed by atoms with Gasteiger partial charge in [0.25, 0.3) is 0 Å². The van der Waals surface area contributed by atoms with E-state index in [1.54, 1.807) is 11.4 Å². The van der Waals surface area contributed by atoms with Crippen LogP contribution >= 0.6 is 0 Å². The van der Waals surface area contributed by atoms with Crippen LogP contribution in [-0.2, 0) is 10.0 Å². The first-order chi connectivity index (χ1) is 11.1. The van der Waals surface area contributed by atoms with Crippen molar-refractivity contribution in [2.75, 3.05) is 30.9 Å². The summed E-state index contributed by atoms with van der Waals surface area (Å²) in [5, 5.41) is 0. The number of nitrogens with zero attached hydrogens (tertiary/aromatic N) is 4. The molecule has 3 heterocycles. The van der Waals surface area contributed by atoms with E-state index in [1.165, 1.54) is 6.33 Å². The lowest BCUT2D eigenvalue weighted by Gasteiger charge is -2.26. The van der Waals surface area contributed by atoms with Crippen LogP contribution in [0.25, 0.3) is 0 Å². The van der Waals surface area contributed by atoms with Crippen molar-refractivity contribution in [3.05, 3.63) is 12.4 Å². The first-order valence-electron chi connectivity index (χ1n) is 8.19. The van der Waals surface area contributed by atoms with E-state index < -0.39 is 10.0 Å². The van der Waals surface area contributed by atoms with Gasteiger partial charge in [-0.15, -0.1) is 0 Å². The third-order valence-electron chi connectivity index (χ3n) is 4.77. The smallest absolute Gasteiger partial charge is 0.218 e. The molecule has 128 valence electrons. The maximum absolute atomic E-state index is 12.5. The molecule has 2 fully saturated rings. The fourth-order valence-corrected chi connectivity index (χ4v) is 5.55.